The molecule has 1 rings (SSSR count). The van der Waals surface area contributed by atoms with Crippen LogP contribution in [0.1, 0.15) is 26.7 Å². The fraction of sp³-hybridized carbons (Fsp3) is 1.00. The van der Waals surface area contributed by atoms with Crippen LogP contribution in [0.4, 0.5) is 0 Å². The topological polar surface area (TPSA) is 24.5 Å². The van der Waals surface area contributed by atoms with Crippen molar-refractivity contribution < 1.29 is 4.74 Å². The summed E-state index contributed by atoms with van der Waals surface area (Å²) in [6, 6.07) is 0.564. The number of rotatable bonds is 4. The third kappa shape index (κ3) is 3.23. The summed E-state index contributed by atoms with van der Waals surface area (Å²) in [6.45, 7) is 7.83. The first-order chi connectivity index (χ1) is 6.59. The minimum atomic E-state index is 0.0751. The van der Waals surface area contributed by atoms with E-state index in [0.29, 0.717) is 6.04 Å². The average molecular weight is 200 g/mol. The Balaban J connectivity index is 2.40. The lowest BCUT2D eigenvalue weighted by atomic mass is 9.94. The van der Waals surface area contributed by atoms with Gasteiger partial charge < -0.3 is 10.1 Å². The summed E-state index contributed by atoms with van der Waals surface area (Å²) >= 11 is 0. The molecule has 1 aliphatic rings. The summed E-state index contributed by atoms with van der Waals surface area (Å²) in [4.78, 5) is 2.49. The van der Waals surface area contributed by atoms with Gasteiger partial charge in [0.15, 0.2) is 0 Å². The molecule has 0 amide bonds. The number of nitrogens with one attached hydrogen (secondary N) is 1. The molecule has 0 aromatic heterocycles. The highest BCUT2D eigenvalue weighted by atomic mass is 16.5. The third-order valence-corrected chi connectivity index (χ3v) is 3.26. The second kappa shape index (κ2) is 5.10. The minimum Gasteiger partial charge on any atom is -0.377 e. The summed E-state index contributed by atoms with van der Waals surface area (Å²) in [6.07, 6.45) is 2.44. The van der Waals surface area contributed by atoms with E-state index in [4.69, 9.17) is 4.74 Å². The van der Waals surface area contributed by atoms with E-state index in [1.165, 1.54) is 19.4 Å². The van der Waals surface area contributed by atoms with Crippen molar-refractivity contribution in [1.82, 2.24) is 10.2 Å². The Bertz CT molecular complexity index is 175. The molecule has 3 heteroatoms. The molecule has 1 N–H and O–H groups in total. The molecule has 0 radical (unpaired) electrons. The van der Waals surface area contributed by atoms with Crippen LogP contribution in [0.2, 0.25) is 0 Å². The zero-order valence-electron chi connectivity index (χ0n) is 9.97. The molecule has 1 heterocycles. The van der Waals surface area contributed by atoms with Gasteiger partial charge in [0.2, 0.25) is 0 Å². The van der Waals surface area contributed by atoms with Gasteiger partial charge in [-0.25, -0.2) is 0 Å². The quantitative estimate of drug-likeness (QED) is 0.735. The second-order valence-electron chi connectivity index (χ2n) is 4.68. The number of hydrogen-bond donors (Lipinski definition) is 1. The Hall–Kier alpha value is -0.120. The SMILES string of the molecule is CNC(C)CN1CCCC(C)(OC)C1. The van der Waals surface area contributed by atoms with Gasteiger partial charge in [-0.3, -0.25) is 4.90 Å². The van der Waals surface area contributed by atoms with Crippen LogP contribution in [-0.4, -0.2) is 50.3 Å². The van der Waals surface area contributed by atoms with E-state index in [2.05, 4.69) is 24.1 Å². The highest BCUT2D eigenvalue weighted by Crippen LogP contribution is 2.23. The maximum atomic E-state index is 5.56. The summed E-state index contributed by atoms with van der Waals surface area (Å²) in [5.74, 6) is 0. The lowest BCUT2D eigenvalue weighted by molar-refractivity contribution is -0.0518. The number of likely N-dealkylation sites (N-methyl/N-ethyl adjacent to an activating group) is 1. The molecule has 14 heavy (non-hydrogen) atoms. The summed E-state index contributed by atoms with van der Waals surface area (Å²) in [5, 5.41) is 3.28. The Labute approximate surface area is 87.8 Å². The molecule has 0 saturated carbocycles. The zero-order valence-corrected chi connectivity index (χ0v) is 9.97. The maximum Gasteiger partial charge on any atom is 0.0777 e. The van der Waals surface area contributed by atoms with E-state index < -0.39 is 0 Å². The van der Waals surface area contributed by atoms with Gasteiger partial charge in [-0.2, -0.15) is 0 Å². The smallest absolute Gasteiger partial charge is 0.0777 e. The van der Waals surface area contributed by atoms with Crippen LogP contribution in [0, 0.1) is 0 Å². The van der Waals surface area contributed by atoms with E-state index in [-0.39, 0.29) is 5.60 Å². The molecule has 0 aromatic rings. The van der Waals surface area contributed by atoms with Gasteiger partial charge in [0.25, 0.3) is 0 Å². The molecule has 0 bridgehead atoms. The van der Waals surface area contributed by atoms with E-state index in [1.807, 2.05) is 14.2 Å². The number of ether oxygens (including phenoxy) is 1. The third-order valence-electron chi connectivity index (χ3n) is 3.26. The number of piperidine rings is 1. The fourth-order valence-electron chi connectivity index (χ4n) is 2.11. The lowest BCUT2D eigenvalue weighted by Gasteiger charge is -2.40. The number of likely N-dealkylation sites (tertiary alicyclic amines) is 1. The highest BCUT2D eigenvalue weighted by Gasteiger charge is 2.30. The van der Waals surface area contributed by atoms with Crippen LogP contribution >= 0.6 is 0 Å². The summed E-state index contributed by atoms with van der Waals surface area (Å²) < 4.78 is 5.56. The van der Waals surface area contributed by atoms with Crippen LogP contribution in [0.5, 0.6) is 0 Å². The van der Waals surface area contributed by atoms with E-state index in [9.17, 15) is 0 Å². The molecule has 0 aliphatic carbocycles. The Morgan fingerprint density at radius 3 is 2.86 bits per heavy atom. The Morgan fingerprint density at radius 2 is 2.29 bits per heavy atom. The van der Waals surface area contributed by atoms with E-state index in [0.717, 1.165) is 13.1 Å². The number of methoxy groups -OCH3 is 1. The van der Waals surface area contributed by atoms with Gasteiger partial charge in [-0.05, 0) is 40.3 Å². The molecular formula is C11H24N2O. The van der Waals surface area contributed by atoms with Gasteiger partial charge in [0, 0.05) is 26.2 Å². The molecule has 1 aliphatic heterocycles. The number of nitrogens with zero attached hydrogens (tertiary/aromatic N) is 1. The van der Waals surface area contributed by atoms with Crippen LogP contribution in [0.25, 0.3) is 0 Å². The van der Waals surface area contributed by atoms with E-state index >= 15 is 0 Å². The molecule has 0 aromatic carbocycles. The van der Waals surface area contributed by atoms with Crippen molar-refractivity contribution in [3.63, 3.8) is 0 Å². The van der Waals surface area contributed by atoms with Crippen molar-refractivity contribution in [2.75, 3.05) is 33.8 Å². The van der Waals surface area contributed by atoms with Crippen LogP contribution in [-0.2, 0) is 4.74 Å². The van der Waals surface area contributed by atoms with Crippen molar-refractivity contribution in [3.05, 3.63) is 0 Å². The largest absolute Gasteiger partial charge is 0.377 e. The molecule has 1 fully saturated rings. The molecule has 2 atom stereocenters. The van der Waals surface area contributed by atoms with Crippen LogP contribution < -0.4 is 5.32 Å². The van der Waals surface area contributed by atoms with Gasteiger partial charge in [-0.1, -0.05) is 0 Å². The molecule has 3 nitrogen and oxygen atoms in total. The van der Waals surface area contributed by atoms with Gasteiger partial charge in [-0.15, -0.1) is 0 Å². The molecule has 0 spiro atoms. The number of hydrogen-bond acceptors (Lipinski definition) is 3. The zero-order chi connectivity index (χ0) is 10.6. The maximum absolute atomic E-state index is 5.56. The molecule has 1 saturated heterocycles. The first-order valence-electron chi connectivity index (χ1n) is 5.54. The predicted octanol–water partition coefficient (Wildman–Crippen LogP) is 1.10. The van der Waals surface area contributed by atoms with E-state index in [1.54, 1.807) is 0 Å². The molecular weight excluding hydrogens is 176 g/mol. The van der Waals surface area contributed by atoms with Gasteiger partial charge >= 0.3 is 0 Å². The fourth-order valence-corrected chi connectivity index (χ4v) is 2.11. The minimum absolute atomic E-state index is 0.0751. The Morgan fingerprint density at radius 1 is 1.57 bits per heavy atom. The van der Waals surface area contributed by atoms with Gasteiger partial charge in [0.05, 0.1) is 5.60 Å². The van der Waals surface area contributed by atoms with Crippen molar-refractivity contribution >= 4 is 0 Å². The first-order valence-corrected chi connectivity index (χ1v) is 5.54. The standard InChI is InChI=1S/C11H24N2O/c1-10(12-3)8-13-7-5-6-11(2,9-13)14-4/h10,12H,5-9H2,1-4H3. The predicted molar refractivity (Wildman–Crippen MR) is 59.6 cm³/mol. The van der Waals surface area contributed by atoms with Crippen molar-refractivity contribution in [2.24, 2.45) is 0 Å². The summed E-state index contributed by atoms with van der Waals surface area (Å²) in [5.41, 5.74) is 0.0751. The van der Waals surface area contributed by atoms with Crippen molar-refractivity contribution in [2.45, 2.75) is 38.3 Å². The van der Waals surface area contributed by atoms with Crippen LogP contribution in [0.3, 0.4) is 0 Å². The second-order valence-corrected chi connectivity index (χ2v) is 4.68. The van der Waals surface area contributed by atoms with Crippen molar-refractivity contribution in [3.8, 4) is 0 Å². The van der Waals surface area contributed by atoms with Crippen molar-refractivity contribution in [1.29, 1.82) is 0 Å². The lowest BCUT2D eigenvalue weighted by Crippen LogP contribution is -2.50. The highest BCUT2D eigenvalue weighted by molar-refractivity contribution is 4.85. The molecule has 84 valence electrons. The summed E-state index contributed by atoms with van der Waals surface area (Å²) in [7, 11) is 3.84. The average Bonchev–Trinajstić information content (AvgIpc) is 2.18. The normalized spacial score (nSPS) is 31.7. The molecule has 2 unspecified atom stereocenters. The monoisotopic (exact) mass is 200 g/mol. The van der Waals surface area contributed by atoms with Gasteiger partial charge in [0.1, 0.15) is 0 Å². The van der Waals surface area contributed by atoms with Crippen LogP contribution in [0.15, 0.2) is 0 Å². The first kappa shape index (κ1) is 12.0. The Kier molecular flexibility index (Phi) is 4.35.